The molecular weight excluding hydrogens is 300 g/mol. The zero-order chi connectivity index (χ0) is 12.3. The highest BCUT2D eigenvalue weighted by molar-refractivity contribution is 9.10. The molecule has 0 spiro atoms. The first-order valence-corrected chi connectivity index (χ1v) is 6.86. The molecule has 0 aliphatic carbocycles. The number of nitrogens with zero attached hydrogens (tertiary/aromatic N) is 1. The summed E-state index contributed by atoms with van der Waals surface area (Å²) in [4.78, 5) is 19.4. The lowest BCUT2D eigenvalue weighted by atomic mass is 10.2. The van der Waals surface area contributed by atoms with Crippen LogP contribution in [0.1, 0.15) is 11.4 Å². The van der Waals surface area contributed by atoms with E-state index >= 15 is 0 Å². The summed E-state index contributed by atoms with van der Waals surface area (Å²) in [5, 5.41) is 0. The number of hydrogen-bond acceptors (Lipinski definition) is 3. The topological polar surface area (TPSA) is 45.8 Å². The van der Waals surface area contributed by atoms with Crippen molar-refractivity contribution in [2.75, 3.05) is 0 Å². The molecule has 0 fully saturated rings. The maximum absolute atomic E-state index is 11.3. The fourth-order valence-electron chi connectivity index (χ4n) is 1.28. The van der Waals surface area contributed by atoms with Crippen molar-refractivity contribution >= 4 is 27.7 Å². The SMILES string of the molecule is Cc1ccc(SCc2ncc(Br)c(=O)[nH]2)cc1. The molecule has 5 heteroatoms. The van der Waals surface area contributed by atoms with E-state index in [2.05, 4.69) is 57.1 Å². The van der Waals surface area contributed by atoms with E-state index in [4.69, 9.17) is 0 Å². The number of benzene rings is 1. The second-order valence-electron chi connectivity index (χ2n) is 3.61. The van der Waals surface area contributed by atoms with E-state index < -0.39 is 0 Å². The largest absolute Gasteiger partial charge is 0.309 e. The van der Waals surface area contributed by atoms with E-state index in [1.165, 1.54) is 16.7 Å². The number of aryl methyl sites for hydroxylation is 1. The van der Waals surface area contributed by atoms with E-state index in [-0.39, 0.29) is 5.56 Å². The molecule has 0 amide bonds. The molecular formula is C12H11BrN2OS. The van der Waals surface area contributed by atoms with Crippen LogP contribution in [0.4, 0.5) is 0 Å². The first-order chi connectivity index (χ1) is 8.15. The molecule has 1 N–H and O–H groups in total. The second-order valence-corrected chi connectivity index (χ2v) is 5.51. The Labute approximate surface area is 112 Å². The Morgan fingerprint density at radius 2 is 2.06 bits per heavy atom. The smallest absolute Gasteiger partial charge is 0.265 e. The Morgan fingerprint density at radius 1 is 1.35 bits per heavy atom. The zero-order valence-electron chi connectivity index (χ0n) is 9.24. The van der Waals surface area contributed by atoms with Gasteiger partial charge in [0.05, 0.1) is 5.75 Å². The molecule has 0 bridgehead atoms. The van der Waals surface area contributed by atoms with Gasteiger partial charge in [-0.1, -0.05) is 17.7 Å². The van der Waals surface area contributed by atoms with Gasteiger partial charge in [0.1, 0.15) is 10.3 Å². The van der Waals surface area contributed by atoms with Crippen LogP contribution in [0, 0.1) is 6.92 Å². The summed E-state index contributed by atoms with van der Waals surface area (Å²) in [6, 6.07) is 8.27. The Bertz CT molecular complexity index is 565. The van der Waals surface area contributed by atoms with Crippen LogP contribution in [0.5, 0.6) is 0 Å². The maximum Gasteiger partial charge on any atom is 0.265 e. The van der Waals surface area contributed by atoms with Gasteiger partial charge < -0.3 is 4.98 Å². The van der Waals surface area contributed by atoms with Crippen LogP contribution >= 0.6 is 27.7 Å². The number of thioether (sulfide) groups is 1. The fraction of sp³-hybridized carbons (Fsp3) is 0.167. The average Bonchev–Trinajstić information content (AvgIpc) is 2.33. The molecule has 0 unspecified atom stereocenters. The summed E-state index contributed by atoms with van der Waals surface area (Å²) in [5.41, 5.74) is 1.10. The highest BCUT2D eigenvalue weighted by atomic mass is 79.9. The summed E-state index contributed by atoms with van der Waals surface area (Å²) in [7, 11) is 0. The standard InChI is InChI=1S/C12H11BrN2OS/c1-8-2-4-9(5-3-8)17-7-11-14-6-10(13)12(16)15-11/h2-6H,7H2,1H3,(H,14,15,16). The van der Waals surface area contributed by atoms with Crippen molar-refractivity contribution in [1.82, 2.24) is 9.97 Å². The third-order valence-corrected chi connectivity index (χ3v) is 3.79. The summed E-state index contributed by atoms with van der Waals surface area (Å²) < 4.78 is 0.460. The van der Waals surface area contributed by atoms with Gasteiger partial charge in [-0.05, 0) is 35.0 Å². The highest BCUT2D eigenvalue weighted by Crippen LogP contribution is 2.21. The van der Waals surface area contributed by atoms with E-state index in [0.29, 0.717) is 16.0 Å². The first-order valence-electron chi connectivity index (χ1n) is 5.08. The molecule has 3 nitrogen and oxygen atoms in total. The van der Waals surface area contributed by atoms with Gasteiger partial charge in [-0.25, -0.2) is 4.98 Å². The number of nitrogens with one attached hydrogen (secondary N) is 1. The lowest BCUT2D eigenvalue weighted by Crippen LogP contribution is -2.10. The van der Waals surface area contributed by atoms with Crippen molar-refractivity contribution in [3.8, 4) is 0 Å². The number of rotatable bonds is 3. The second kappa shape index (κ2) is 5.51. The zero-order valence-corrected chi connectivity index (χ0v) is 11.6. The molecule has 0 saturated carbocycles. The van der Waals surface area contributed by atoms with E-state index in [1.807, 2.05) is 0 Å². The number of aromatic amines is 1. The van der Waals surface area contributed by atoms with Gasteiger partial charge >= 0.3 is 0 Å². The molecule has 0 aliphatic rings. The molecule has 0 atom stereocenters. The van der Waals surface area contributed by atoms with Crippen LogP contribution in [0.2, 0.25) is 0 Å². The average molecular weight is 311 g/mol. The molecule has 2 rings (SSSR count). The van der Waals surface area contributed by atoms with Crippen molar-refractivity contribution in [2.24, 2.45) is 0 Å². The van der Waals surface area contributed by atoms with Crippen LogP contribution in [-0.4, -0.2) is 9.97 Å². The van der Waals surface area contributed by atoms with Gasteiger partial charge in [-0.2, -0.15) is 0 Å². The summed E-state index contributed by atoms with van der Waals surface area (Å²) in [5.74, 6) is 1.34. The van der Waals surface area contributed by atoms with Crippen LogP contribution in [0.15, 0.2) is 44.6 Å². The van der Waals surface area contributed by atoms with E-state index in [0.717, 1.165) is 0 Å². The molecule has 2 aromatic rings. The minimum absolute atomic E-state index is 0.139. The number of H-pyrrole nitrogens is 1. The molecule has 1 heterocycles. The van der Waals surface area contributed by atoms with E-state index in [9.17, 15) is 4.79 Å². The summed E-state index contributed by atoms with van der Waals surface area (Å²) in [6.45, 7) is 2.06. The Kier molecular flexibility index (Phi) is 4.02. The van der Waals surface area contributed by atoms with Crippen LogP contribution in [0.25, 0.3) is 0 Å². The predicted molar refractivity (Wildman–Crippen MR) is 73.3 cm³/mol. The van der Waals surface area contributed by atoms with Crippen molar-refractivity contribution in [1.29, 1.82) is 0 Å². The fourth-order valence-corrected chi connectivity index (χ4v) is 2.26. The van der Waals surface area contributed by atoms with Gasteiger partial charge in [0.15, 0.2) is 0 Å². The lowest BCUT2D eigenvalue weighted by Gasteiger charge is -2.02. The number of halogens is 1. The van der Waals surface area contributed by atoms with Crippen molar-refractivity contribution in [2.45, 2.75) is 17.6 Å². The van der Waals surface area contributed by atoms with Gasteiger partial charge in [0, 0.05) is 11.1 Å². The molecule has 88 valence electrons. The monoisotopic (exact) mass is 310 g/mol. The van der Waals surface area contributed by atoms with Gasteiger partial charge in [-0.15, -0.1) is 11.8 Å². The van der Waals surface area contributed by atoms with Crippen molar-refractivity contribution in [3.63, 3.8) is 0 Å². The molecule has 0 radical (unpaired) electrons. The molecule has 0 saturated heterocycles. The Balaban J connectivity index is 2.04. The van der Waals surface area contributed by atoms with Crippen molar-refractivity contribution in [3.05, 3.63) is 56.7 Å². The molecule has 1 aromatic carbocycles. The highest BCUT2D eigenvalue weighted by Gasteiger charge is 2.01. The van der Waals surface area contributed by atoms with Crippen LogP contribution in [-0.2, 0) is 5.75 Å². The van der Waals surface area contributed by atoms with E-state index in [1.54, 1.807) is 11.8 Å². The summed E-state index contributed by atoms with van der Waals surface area (Å²) >= 11 is 4.77. The first kappa shape index (κ1) is 12.4. The number of hydrogen-bond donors (Lipinski definition) is 1. The minimum Gasteiger partial charge on any atom is -0.309 e. The summed E-state index contributed by atoms with van der Waals surface area (Å²) in [6.07, 6.45) is 1.53. The normalized spacial score (nSPS) is 10.5. The minimum atomic E-state index is -0.139. The number of aromatic nitrogens is 2. The predicted octanol–water partition coefficient (Wildman–Crippen LogP) is 3.13. The van der Waals surface area contributed by atoms with Crippen LogP contribution in [0.3, 0.4) is 0 Å². The maximum atomic E-state index is 11.3. The molecule has 17 heavy (non-hydrogen) atoms. The lowest BCUT2D eigenvalue weighted by molar-refractivity contribution is 0.990. The van der Waals surface area contributed by atoms with Gasteiger partial charge in [-0.3, -0.25) is 4.79 Å². The van der Waals surface area contributed by atoms with Gasteiger partial charge in [0.25, 0.3) is 5.56 Å². The Hall–Kier alpha value is -1.07. The van der Waals surface area contributed by atoms with Crippen molar-refractivity contribution < 1.29 is 0 Å². The third kappa shape index (κ3) is 3.44. The van der Waals surface area contributed by atoms with Gasteiger partial charge in [0.2, 0.25) is 0 Å². The molecule has 0 aliphatic heterocycles. The Morgan fingerprint density at radius 3 is 2.71 bits per heavy atom. The molecule has 1 aromatic heterocycles. The third-order valence-electron chi connectivity index (χ3n) is 2.21. The quantitative estimate of drug-likeness (QED) is 0.886. The van der Waals surface area contributed by atoms with Crippen LogP contribution < -0.4 is 5.56 Å².